The van der Waals surface area contributed by atoms with Gasteiger partial charge in [-0.3, -0.25) is 4.79 Å². The Morgan fingerprint density at radius 1 is 1.33 bits per heavy atom. The molecule has 0 atom stereocenters. The average molecular weight is 145 g/mol. The van der Waals surface area contributed by atoms with E-state index in [1.54, 1.807) is 6.07 Å². The molecule has 0 saturated heterocycles. The maximum atomic E-state index is 10.4. The molecule has 0 spiro atoms. The largest absolute Gasteiger partial charge is 0.288 e. The molecule has 1 rings (SSSR count). The Bertz CT molecular complexity index is 206. The van der Waals surface area contributed by atoms with Gasteiger partial charge in [0.1, 0.15) is 0 Å². The van der Waals surface area contributed by atoms with Crippen molar-refractivity contribution in [2.45, 2.75) is 0 Å². The van der Waals surface area contributed by atoms with Crippen molar-refractivity contribution in [3.63, 3.8) is 0 Å². The van der Waals surface area contributed by atoms with Crippen molar-refractivity contribution in [3.05, 3.63) is 34.7 Å². The van der Waals surface area contributed by atoms with Crippen LogP contribution < -0.4 is 5.43 Å². The maximum Gasteiger partial charge on any atom is 0.198 e. The fourth-order valence-corrected chi connectivity index (χ4v) is 0.348. The van der Waals surface area contributed by atoms with Gasteiger partial charge >= 0.3 is 0 Å². The van der Waals surface area contributed by atoms with Crippen LogP contribution in [0.25, 0.3) is 0 Å². The van der Waals surface area contributed by atoms with Gasteiger partial charge in [-0.2, -0.15) is 10.2 Å². The van der Waals surface area contributed by atoms with Crippen molar-refractivity contribution in [2.24, 2.45) is 0 Å². The highest BCUT2D eigenvalue weighted by atomic mass is 35.5. The van der Waals surface area contributed by atoms with Gasteiger partial charge in [-0.1, -0.05) is 0 Å². The zero-order valence-corrected chi connectivity index (χ0v) is 5.34. The fraction of sp³-hybridized carbons (Fsp3) is 0. The van der Waals surface area contributed by atoms with Gasteiger partial charge in [-0.15, -0.1) is 12.4 Å². The number of hydrogen-bond acceptors (Lipinski definition) is 3. The minimum atomic E-state index is -0.123. The highest BCUT2D eigenvalue weighted by molar-refractivity contribution is 5.85. The van der Waals surface area contributed by atoms with Crippen LogP contribution in [0.5, 0.6) is 0 Å². The number of halogens is 1. The van der Waals surface area contributed by atoms with Gasteiger partial charge in [0.25, 0.3) is 0 Å². The fourth-order valence-electron chi connectivity index (χ4n) is 0.348. The van der Waals surface area contributed by atoms with Crippen LogP contribution in [0, 0.1) is 0 Å². The lowest BCUT2D eigenvalue weighted by Crippen LogP contribution is -1.90. The maximum absolute atomic E-state index is 10.4. The minimum absolute atomic E-state index is 0. The lowest BCUT2D eigenvalue weighted by atomic mass is 10.5. The van der Waals surface area contributed by atoms with E-state index >= 15 is 0 Å². The Morgan fingerprint density at radius 3 is 2.89 bits per heavy atom. The molecule has 0 amide bonds. The smallest absolute Gasteiger partial charge is 0.198 e. The Morgan fingerprint density at radius 2 is 2.11 bits per heavy atom. The molecule has 0 unspecified atom stereocenters. The van der Waals surface area contributed by atoms with E-state index in [0.717, 1.165) is 0 Å². The Labute approximate surface area is 58.2 Å². The second kappa shape index (κ2) is 3.97. The standard InChI is InChI=1S/C5H4N2O.ClH/c8-5-2-1-3-6-7-4-5;/h1-4H;1H. The molecule has 1 heterocycles. The lowest BCUT2D eigenvalue weighted by Gasteiger charge is -1.55. The van der Waals surface area contributed by atoms with Gasteiger partial charge in [-0.25, -0.2) is 0 Å². The molecule has 0 radical (unpaired) electrons. The van der Waals surface area contributed by atoms with E-state index in [1.807, 2.05) is 0 Å². The van der Waals surface area contributed by atoms with Crippen LogP contribution in [0.2, 0.25) is 0 Å². The molecule has 0 aliphatic heterocycles. The summed E-state index contributed by atoms with van der Waals surface area (Å²) in [5.74, 6) is 0. The molecule has 1 aromatic rings. The van der Waals surface area contributed by atoms with E-state index in [2.05, 4.69) is 10.2 Å². The molecule has 4 heteroatoms. The minimum Gasteiger partial charge on any atom is -0.288 e. The molecule has 0 fully saturated rings. The SMILES string of the molecule is Cl.O=c1cccnnc1. The third-order valence-corrected chi connectivity index (χ3v) is 0.665. The normalized spacial score (nSPS) is 7.56. The predicted molar refractivity (Wildman–Crippen MR) is 35.6 cm³/mol. The zero-order valence-electron chi connectivity index (χ0n) is 4.52. The first-order valence-corrected chi connectivity index (χ1v) is 2.16. The number of aromatic nitrogens is 2. The van der Waals surface area contributed by atoms with Crippen LogP contribution in [0.1, 0.15) is 0 Å². The van der Waals surface area contributed by atoms with Gasteiger partial charge in [-0.05, 0) is 12.1 Å². The molecule has 1 aromatic heterocycles. The summed E-state index contributed by atoms with van der Waals surface area (Å²) in [6, 6.07) is 2.95. The van der Waals surface area contributed by atoms with Crippen molar-refractivity contribution < 1.29 is 0 Å². The highest BCUT2D eigenvalue weighted by Gasteiger charge is 1.71. The third kappa shape index (κ3) is 2.77. The van der Waals surface area contributed by atoms with Crippen molar-refractivity contribution >= 4 is 12.4 Å². The first-order chi connectivity index (χ1) is 3.89. The molecular weight excluding hydrogens is 140 g/mol. The van der Waals surface area contributed by atoms with E-state index < -0.39 is 0 Å². The monoisotopic (exact) mass is 144 g/mol. The molecule has 3 nitrogen and oxygen atoms in total. The molecule has 48 valence electrons. The summed E-state index contributed by atoms with van der Waals surface area (Å²) < 4.78 is 0. The lowest BCUT2D eigenvalue weighted by molar-refractivity contribution is 1.05. The van der Waals surface area contributed by atoms with Gasteiger partial charge in [0.2, 0.25) is 0 Å². The molecule has 0 saturated carbocycles. The topological polar surface area (TPSA) is 42.9 Å². The van der Waals surface area contributed by atoms with Crippen LogP contribution in [0.4, 0.5) is 0 Å². The van der Waals surface area contributed by atoms with Gasteiger partial charge < -0.3 is 0 Å². The summed E-state index contributed by atoms with van der Waals surface area (Å²) in [7, 11) is 0. The summed E-state index contributed by atoms with van der Waals surface area (Å²) in [6.45, 7) is 0. The summed E-state index contributed by atoms with van der Waals surface area (Å²) in [5, 5.41) is 6.84. The molecule has 0 aliphatic rings. The molecule has 0 aromatic carbocycles. The van der Waals surface area contributed by atoms with Crippen LogP contribution in [-0.2, 0) is 0 Å². The molecular formula is C5H5ClN2O. The number of rotatable bonds is 0. The predicted octanol–water partition coefficient (Wildman–Crippen LogP) is 0.259. The van der Waals surface area contributed by atoms with E-state index in [4.69, 9.17) is 0 Å². The Kier molecular flexibility index (Phi) is 3.55. The van der Waals surface area contributed by atoms with Crippen molar-refractivity contribution in [3.8, 4) is 0 Å². The first-order valence-electron chi connectivity index (χ1n) is 2.16. The van der Waals surface area contributed by atoms with Crippen LogP contribution >= 0.6 is 12.4 Å². The van der Waals surface area contributed by atoms with Crippen molar-refractivity contribution in [1.29, 1.82) is 0 Å². The summed E-state index contributed by atoms with van der Waals surface area (Å²) in [5.41, 5.74) is -0.123. The van der Waals surface area contributed by atoms with Crippen molar-refractivity contribution in [1.82, 2.24) is 10.2 Å². The third-order valence-electron chi connectivity index (χ3n) is 0.665. The molecule has 9 heavy (non-hydrogen) atoms. The van der Waals surface area contributed by atoms with Crippen LogP contribution in [0.3, 0.4) is 0 Å². The Hall–Kier alpha value is -0.960. The zero-order chi connectivity index (χ0) is 5.82. The highest BCUT2D eigenvalue weighted by Crippen LogP contribution is 1.62. The molecule has 0 bridgehead atoms. The molecule has 0 N–H and O–H groups in total. The van der Waals surface area contributed by atoms with Crippen molar-refractivity contribution in [2.75, 3.05) is 0 Å². The van der Waals surface area contributed by atoms with Crippen LogP contribution in [-0.4, -0.2) is 10.2 Å². The van der Waals surface area contributed by atoms with E-state index in [-0.39, 0.29) is 17.8 Å². The van der Waals surface area contributed by atoms with E-state index in [0.29, 0.717) is 0 Å². The summed E-state index contributed by atoms with van der Waals surface area (Å²) in [4.78, 5) is 10.4. The van der Waals surface area contributed by atoms with E-state index in [9.17, 15) is 4.79 Å². The second-order valence-electron chi connectivity index (χ2n) is 1.27. The summed E-state index contributed by atoms with van der Waals surface area (Å²) in [6.07, 6.45) is 2.63. The average Bonchev–Trinajstić information content (AvgIpc) is 1.94. The van der Waals surface area contributed by atoms with E-state index in [1.165, 1.54) is 18.5 Å². The Balaban J connectivity index is 0.000000640. The quantitative estimate of drug-likeness (QED) is 0.525. The second-order valence-corrected chi connectivity index (χ2v) is 1.27. The van der Waals surface area contributed by atoms with Crippen LogP contribution in [0.15, 0.2) is 29.3 Å². The number of nitrogens with zero attached hydrogens (tertiary/aromatic N) is 2. The van der Waals surface area contributed by atoms with Gasteiger partial charge in [0.05, 0.1) is 6.20 Å². The summed E-state index contributed by atoms with van der Waals surface area (Å²) >= 11 is 0. The first kappa shape index (κ1) is 8.04. The number of hydrogen-bond donors (Lipinski definition) is 0. The van der Waals surface area contributed by atoms with Gasteiger partial charge in [0, 0.05) is 6.20 Å². The molecule has 0 aliphatic carbocycles. The van der Waals surface area contributed by atoms with Gasteiger partial charge in [0.15, 0.2) is 5.43 Å².